The number of fused-ring (bicyclic) bond motifs is 1. The molecule has 1 aromatic rings. The van der Waals surface area contributed by atoms with E-state index in [0.717, 1.165) is 16.7 Å². The number of hydrogen-bond acceptors (Lipinski definition) is 2. The highest BCUT2D eigenvalue weighted by molar-refractivity contribution is 5.42. The molecule has 0 bridgehead atoms. The summed E-state index contributed by atoms with van der Waals surface area (Å²) in [4.78, 5) is 0. The molecular formula is C12H15FO2. The van der Waals surface area contributed by atoms with E-state index in [2.05, 4.69) is 0 Å². The molecule has 0 atom stereocenters. The van der Waals surface area contributed by atoms with Gasteiger partial charge in [-0.25, -0.2) is 4.39 Å². The lowest BCUT2D eigenvalue weighted by Gasteiger charge is -2.28. The van der Waals surface area contributed by atoms with Crippen LogP contribution in [0.3, 0.4) is 0 Å². The molecule has 0 saturated heterocycles. The number of aryl methyl sites for hydroxylation is 1. The van der Waals surface area contributed by atoms with Gasteiger partial charge in [0.15, 0.2) is 5.79 Å². The van der Waals surface area contributed by atoms with Crippen LogP contribution in [-0.4, -0.2) is 14.2 Å². The first-order valence-electron chi connectivity index (χ1n) is 5.03. The predicted octanol–water partition coefficient (Wildman–Crippen LogP) is 2.53. The molecule has 0 heterocycles. The molecule has 3 heteroatoms. The van der Waals surface area contributed by atoms with Crippen LogP contribution in [0.2, 0.25) is 0 Å². The Labute approximate surface area is 89.0 Å². The van der Waals surface area contributed by atoms with E-state index in [1.165, 1.54) is 6.07 Å². The Morgan fingerprint density at radius 3 is 2.53 bits per heavy atom. The number of methoxy groups -OCH3 is 2. The first-order valence-corrected chi connectivity index (χ1v) is 5.03. The average Bonchev–Trinajstić information content (AvgIpc) is 2.65. The minimum atomic E-state index is -0.748. The van der Waals surface area contributed by atoms with Crippen LogP contribution in [0.1, 0.15) is 23.1 Å². The van der Waals surface area contributed by atoms with Gasteiger partial charge in [0.2, 0.25) is 0 Å². The monoisotopic (exact) mass is 210 g/mol. The van der Waals surface area contributed by atoms with Crippen molar-refractivity contribution in [3.8, 4) is 0 Å². The molecule has 0 N–H and O–H groups in total. The molecule has 1 aliphatic rings. The van der Waals surface area contributed by atoms with E-state index in [1.54, 1.807) is 20.3 Å². The van der Waals surface area contributed by atoms with E-state index >= 15 is 0 Å². The van der Waals surface area contributed by atoms with Crippen LogP contribution in [0.4, 0.5) is 4.39 Å². The van der Waals surface area contributed by atoms with E-state index in [1.807, 2.05) is 6.92 Å². The molecule has 1 aliphatic carbocycles. The van der Waals surface area contributed by atoms with Gasteiger partial charge >= 0.3 is 0 Å². The van der Waals surface area contributed by atoms with Crippen LogP contribution in [0.15, 0.2) is 12.1 Å². The van der Waals surface area contributed by atoms with Gasteiger partial charge in [0.25, 0.3) is 0 Å². The number of benzene rings is 1. The number of ether oxygens (including phenoxy) is 2. The molecule has 0 unspecified atom stereocenters. The van der Waals surface area contributed by atoms with Gasteiger partial charge in [0.05, 0.1) is 0 Å². The molecule has 0 aromatic heterocycles. The van der Waals surface area contributed by atoms with Crippen LogP contribution in [0, 0.1) is 12.7 Å². The van der Waals surface area contributed by atoms with E-state index in [-0.39, 0.29) is 5.82 Å². The zero-order valence-corrected chi connectivity index (χ0v) is 9.26. The van der Waals surface area contributed by atoms with Gasteiger partial charge in [-0.1, -0.05) is 6.07 Å². The summed E-state index contributed by atoms with van der Waals surface area (Å²) in [6.07, 6.45) is 1.35. The first-order chi connectivity index (χ1) is 7.14. The van der Waals surface area contributed by atoms with Crippen LogP contribution >= 0.6 is 0 Å². The Bertz CT molecular complexity index is 383. The fraction of sp³-hybridized carbons (Fsp3) is 0.500. The fourth-order valence-electron chi connectivity index (χ4n) is 2.42. The molecule has 82 valence electrons. The zero-order valence-electron chi connectivity index (χ0n) is 9.26. The molecule has 0 spiro atoms. The van der Waals surface area contributed by atoms with Crippen LogP contribution < -0.4 is 0 Å². The van der Waals surface area contributed by atoms with Crippen molar-refractivity contribution in [2.24, 2.45) is 0 Å². The molecule has 15 heavy (non-hydrogen) atoms. The summed E-state index contributed by atoms with van der Waals surface area (Å²) in [5.41, 5.74) is 2.62. The van der Waals surface area contributed by atoms with Crippen LogP contribution in [-0.2, 0) is 21.7 Å². The lowest BCUT2D eigenvalue weighted by molar-refractivity contribution is -0.213. The average molecular weight is 210 g/mol. The van der Waals surface area contributed by atoms with Gasteiger partial charge in [-0.15, -0.1) is 0 Å². The highest BCUT2D eigenvalue weighted by Crippen LogP contribution is 2.42. The van der Waals surface area contributed by atoms with Crippen molar-refractivity contribution < 1.29 is 13.9 Å². The second kappa shape index (κ2) is 3.58. The summed E-state index contributed by atoms with van der Waals surface area (Å²) in [5.74, 6) is -0.909. The molecule has 2 rings (SSSR count). The Morgan fingerprint density at radius 1 is 1.27 bits per heavy atom. The molecule has 0 saturated carbocycles. The van der Waals surface area contributed by atoms with Crippen molar-refractivity contribution in [2.45, 2.75) is 25.6 Å². The highest BCUT2D eigenvalue weighted by atomic mass is 19.1. The predicted molar refractivity (Wildman–Crippen MR) is 55.2 cm³/mol. The molecule has 0 aliphatic heterocycles. The summed E-state index contributed by atoms with van der Waals surface area (Å²) < 4.78 is 24.4. The number of hydrogen-bond donors (Lipinski definition) is 0. The number of rotatable bonds is 2. The van der Waals surface area contributed by atoms with Gasteiger partial charge < -0.3 is 9.47 Å². The van der Waals surface area contributed by atoms with Crippen molar-refractivity contribution in [2.75, 3.05) is 14.2 Å². The van der Waals surface area contributed by atoms with E-state index in [9.17, 15) is 4.39 Å². The molecule has 0 radical (unpaired) electrons. The second-order valence-corrected chi connectivity index (χ2v) is 3.88. The largest absolute Gasteiger partial charge is 0.349 e. The van der Waals surface area contributed by atoms with Crippen LogP contribution in [0.5, 0.6) is 0 Å². The molecule has 2 nitrogen and oxygen atoms in total. The standard InChI is InChI=1S/C12H15FO2/c1-8-4-5-10(13)9-6-7-12(14-2,15-3)11(8)9/h4-5H,6-7H2,1-3H3. The van der Waals surface area contributed by atoms with Gasteiger partial charge in [-0.3, -0.25) is 0 Å². The quantitative estimate of drug-likeness (QED) is 0.698. The summed E-state index contributed by atoms with van der Waals surface area (Å²) in [6, 6.07) is 3.28. The Morgan fingerprint density at radius 2 is 1.93 bits per heavy atom. The minimum Gasteiger partial charge on any atom is -0.349 e. The normalized spacial score (nSPS) is 17.9. The topological polar surface area (TPSA) is 18.5 Å². The molecule has 0 amide bonds. The van der Waals surface area contributed by atoms with Crippen molar-refractivity contribution >= 4 is 0 Å². The summed E-state index contributed by atoms with van der Waals surface area (Å²) in [6.45, 7) is 1.95. The third-order valence-electron chi connectivity index (χ3n) is 3.21. The van der Waals surface area contributed by atoms with Crippen molar-refractivity contribution in [1.29, 1.82) is 0 Å². The maximum Gasteiger partial charge on any atom is 0.195 e. The van der Waals surface area contributed by atoms with Crippen LogP contribution in [0.25, 0.3) is 0 Å². The summed E-state index contributed by atoms with van der Waals surface area (Å²) in [7, 11) is 3.20. The Balaban J connectivity index is 2.63. The van der Waals surface area contributed by atoms with Gasteiger partial charge in [-0.2, -0.15) is 0 Å². The van der Waals surface area contributed by atoms with Crippen molar-refractivity contribution in [3.05, 3.63) is 34.6 Å². The first kappa shape index (κ1) is 10.6. The van der Waals surface area contributed by atoms with E-state index in [4.69, 9.17) is 9.47 Å². The van der Waals surface area contributed by atoms with E-state index < -0.39 is 5.79 Å². The van der Waals surface area contributed by atoms with Crippen molar-refractivity contribution in [1.82, 2.24) is 0 Å². The minimum absolute atomic E-state index is 0.161. The van der Waals surface area contributed by atoms with E-state index in [0.29, 0.717) is 12.8 Å². The second-order valence-electron chi connectivity index (χ2n) is 3.88. The van der Waals surface area contributed by atoms with Gasteiger partial charge in [0.1, 0.15) is 5.82 Å². The summed E-state index contributed by atoms with van der Waals surface area (Å²) >= 11 is 0. The van der Waals surface area contributed by atoms with Gasteiger partial charge in [0, 0.05) is 26.2 Å². The summed E-state index contributed by atoms with van der Waals surface area (Å²) in [5, 5.41) is 0. The SMILES string of the molecule is COC1(OC)CCc2c(F)ccc(C)c21. The maximum atomic E-state index is 13.6. The maximum absolute atomic E-state index is 13.6. The van der Waals surface area contributed by atoms with Crippen molar-refractivity contribution in [3.63, 3.8) is 0 Å². The molecule has 0 fully saturated rings. The molecule has 1 aromatic carbocycles. The Hall–Kier alpha value is -0.930. The third kappa shape index (κ3) is 1.38. The third-order valence-corrected chi connectivity index (χ3v) is 3.21. The Kier molecular flexibility index (Phi) is 2.52. The lowest BCUT2D eigenvalue weighted by Crippen LogP contribution is -2.28. The smallest absolute Gasteiger partial charge is 0.195 e. The lowest BCUT2D eigenvalue weighted by atomic mass is 10.0. The fourth-order valence-corrected chi connectivity index (χ4v) is 2.42. The van der Waals surface area contributed by atoms with Gasteiger partial charge in [-0.05, 0) is 30.5 Å². The number of halogens is 1. The highest BCUT2D eigenvalue weighted by Gasteiger charge is 2.41. The zero-order chi connectivity index (χ0) is 11.1. The molecular weight excluding hydrogens is 195 g/mol.